The molecule has 0 radical (unpaired) electrons. The van der Waals surface area contributed by atoms with E-state index in [0.29, 0.717) is 0 Å². The van der Waals surface area contributed by atoms with E-state index >= 15 is 0 Å². The molecule has 66 valence electrons. The van der Waals surface area contributed by atoms with Crippen LogP contribution in [0.15, 0.2) is 6.20 Å². The summed E-state index contributed by atoms with van der Waals surface area (Å²) in [4.78, 5) is 4.57. The van der Waals surface area contributed by atoms with E-state index in [9.17, 15) is 0 Å². The fourth-order valence-corrected chi connectivity index (χ4v) is 1.84. The van der Waals surface area contributed by atoms with Gasteiger partial charge in [-0.15, -0.1) is 0 Å². The fourth-order valence-electron chi connectivity index (χ4n) is 1.84. The second-order valence-electron chi connectivity index (χ2n) is 3.80. The summed E-state index contributed by atoms with van der Waals surface area (Å²) in [5.74, 6) is 2.13. The fraction of sp³-hybridized carbons (Fsp3) is 0.700. The monoisotopic (exact) mass is 164 g/mol. The summed E-state index contributed by atoms with van der Waals surface area (Å²) < 4.78 is 2.33. The van der Waals surface area contributed by atoms with Crippen molar-refractivity contribution >= 4 is 0 Å². The van der Waals surface area contributed by atoms with E-state index in [0.717, 1.165) is 12.3 Å². The molecule has 0 saturated carbocycles. The zero-order valence-electron chi connectivity index (χ0n) is 7.88. The van der Waals surface area contributed by atoms with E-state index in [1.54, 1.807) is 0 Å². The molecule has 2 rings (SSSR count). The molecule has 2 heteroatoms. The molecule has 2 heterocycles. The molecule has 0 spiro atoms. The second kappa shape index (κ2) is 2.92. The Morgan fingerprint density at radius 2 is 2.50 bits per heavy atom. The molecule has 0 saturated heterocycles. The molecule has 0 amide bonds. The first-order chi connectivity index (χ1) is 5.79. The molecule has 1 atom stereocenters. The molecular weight excluding hydrogens is 148 g/mol. The number of fused-ring (bicyclic) bond motifs is 1. The highest BCUT2D eigenvalue weighted by Gasteiger charge is 2.15. The minimum absolute atomic E-state index is 0.830. The lowest BCUT2D eigenvalue weighted by atomic mass is 10.0. The van der Waals surface area contributed by atoms with Crippen molar-refractivity contribution in [2.24, 2.45) is 5.92 Å². The van der Waals surface area contributed by atoms with E-state index < -0.39 is 0 Å². The van der Waals surface area contributed by atoms with Crippen LogP contribution < -0.4 is 0 Å². The zero-order chi connectivity index (χ0) is 8.55. The maximum absolute atomic E-state index is 4.57. The summed E-state index contributed by atoms with van der Waals surface area (Å²) >= 11 is 0. The minimum atomic E-state index is 0.830. The lowest BCUT2D eigenvalue weighted by Gasteiger charge is -2.19. The first-order valence-corrected chi connectivity index (χ1v) is 4.84. The van der Waals surface area contributed by atoms with Crippen LogP contribution >= 0.6 is 0 Å². The van der Waals surface area contributed by atoms with Crippen LogP contribution in [0, 0.1) is 5.92 Å². The third-order valence-corrected chi connectivity index (χ3v) is 2.64. The van der Waals surface area contributed by atoms with Crippen molar-refractivity contribution in [2.45, 2.75) is 39.7 Å². The van der Waals surface area contributed by atoms with Crippen LogP contribution in [0.5, 0.6) is 0 Å². The summed E-state index contributed by atoms with van der Waals surface area (Å²) in [5, 5.41) is 0. The van der Waals surface area contributed by atoms with Gasteiger partial charge in [-0.1, -0.05) is 13.8 Å². The van der Waals surface area contributed by atoms with E-state index in [2.05, 4.69) is 29.6 Å². The van der Waals surface area contributed by atoms with Crippen LogP contribution in [0.4, 0.5) is 0 Å². The molecule has 1 aromatic heterocycles. The van der Waals surface area contributed by atoms with Gasteiger partial charge in [0.05, 0.1) is 5.69 Å². The summed E-state index contributed by atoms with van der Waals surface area (Å²) in [5.41, 5.74) is 1.25. The first kappa shape index (κ1) is 7.84. The molecule has 0 N–H and O–H groups in total. The highest BCUT2D eigenvalue weighted by Crippen LogP contribution is 2.19. The molecule has 1 unspecified atom stereocenters. The molecule has 2 nitrogen and oxygen atoms in total. The topological polar surface area (TPSA) is 17.8 Å². The molecular formula is C10H16N2. The molecule has 0 bridgehead atoms. The van der Waals surface area contributed by atoms with Crippen LogP contribution in [0.2, 0.25) is 0 Å². The Balaban J connectivity index is 2.28. The van der Waals surface area contributed by atoms with Gasteiger partial charge in [-0.25, -0.2) is 4.98 Å². The highest BCUT2D eigenvalue weighted by atomic mass is 15.1. The van der Waals surface area contributed by atoms with Crippen LogP contribution in [0.25, 0.3) is 0 Å². The molecule has 0 fully saturated rings. The van der Waals surface area contributed by atoms with Crippen molar-refractivity contribution < 1.29 is 0 Å². The first-order valence-electron chi connectivity index (χ1n) is 4.84. The number of imidazole rings is 1. The van der Waals surface area contributed by atoms with Crippen LogP contribution in [-0.4, -0.2) is 9.55 Å². The molecule has 1 aliphatic rings. The van der Waals surface area contributed by atoms with Gasteiger partial charge in [0, 0.05) is 19.2 Å². The molecule has 12 heavy (non-hydrogen) atoms. The Kier molecular flexibility index (Phi) is 1.91. The minimum Gasteiger partial charge on any atom is -0.334 e. The summed E-state index contributed by atoms with van der Waals surface area (Å²) in [6.07, 6.45) is 5.75. The lowest BCUT2D eigenvalue weighted by molar-refractivity contribution is 0.394. The molecule has 0 aromatic carbocycles. The van der Waals surface area contributed by atoms with Crippen molar-refractivity contribution in [1.82, 2.24) is 9.55 Å². The average Bonchev–Trinajstić information content (AvgIpc) is 2.46. The van der Waals surface area contributed by atoms with Gasteiger partial charge in [0.25, 0.3) is 0 Å². The van der Waals surface area contributed by atoms with Crippen LogP contribution in [0.3, 0.4) is 0 Å². The predicted molar refractivity (Wildman–Crippen MR) is 49.1 cm³/mol. The number of rotatable bonds is 1. The summed E-state index contributed by atoms with van der Waals surface area (Å²) in [6.45, 7) is 5.65. The van der Waals surface area contributed by atoms with Gasteiger partial charge < -0.3 is 4.57 Å². The summed E-state index contributed by atoms with van der Waals surface area (Å²) in [7, 11) is 0. The highest BCUT2D eigenvalue weighted by molar-refractivity contribution is 5.06. The normalized spacial score (nSPS) is 22.3. The maximum Gasteiger partial charge on any atom is 0.108 e. The lowest BCUT2D eigenvalue weighted by Crippen LogP contribution is -2.17. The Bertz CT molecular complexity index is 275. The Labute approximate surface area is 73.6 Å². The van der Waals surface area contributed by atoms with Gasteiger partial charge in [0.2, 0.25) is 0 Å². The number of aryl methyl sites for hydroxylation is 2. The molecule has 1 aliphatic heterocycles. The van der Waals surface area contributed by atoms with Crippen molar-refractivity contribution in [3.63, 3.8) is 0 Å². The largest absolute Gasteiger partial charge is 0.334 e. The van der Waals surface area contributed by atoms with Gasteiger partial charge in [-0.3, -0.25) is 0 Å². The quantitative estimate of drug-likeness (QED) is 0.621. The number of hydrogen-bond acceptors (Lipinski definition) is 1. The van der Waals surface area contributed by atoms with Crippen molar-refractivity contribution in [1.29, 1.82) is 0 Å². The van der Waals surface area contributed by atoms with E-state index in [-0.39, 0.29) is 0 Å². The Hall–Kier alpha value is -0.790. The van der Waals surface area contributed by atoms with Gasteiger partial charge in [0.15, 0.2) is 0 Å². The SMILES string of the molecule is CCc1cn2c(n1)CCC(C)C2. The predicted octanol–water partition coefficient (Wildman–Crippen LogP) is 2.03. The third kappa shape index (κ3) is 1.26. The smallest absolute Gasteiger partial charge is 0.108 e. The number of nitrogens with zero attached hydrogens (tertiary/aromatic N) is 2. The van der Waals surface area contributed by atoms with Crippen molar-refractivity contribution in [2.75, 3.05) is 0 Å². The van der Waals surface area contributed by atoms with E-state index in [1.807, 2.05) is 0 Å². The van der Waals surface area contributed by atoms with Gasteiger partial charge in [-0.05, 0) is 18.8 Å². The third-order valence-electron chi connectivity index (χ3n) is 2.64. The Morgan fingerprint density at radius 1 is 1.67 bits per heavy atom. The maximum atomic E-state index is 4.57. The number of hydrogen-bond donors (Lipinski definition) is 0. The van der Waals surface area contributed by atoms with Gasteiger partial charge in [0.1, 0.15) is 5.82 Å². The van der Waals surface area contributed by atoms with E-state index in [4.69, 9.17) is 0 Å². The van der Waals surface area contributed by atoms with Crippen LogP contribution in [0.1, 0.15) is 31.8 Å². The number of aromatic nitrogens is 2. The van der Waals surface area contributed by atoms with Crippen molar-refractivity contribution in [3.8, 4) is 0 Å². The van der Waals surface area contributed by atoms with Crippen LogP contribution in [-0.2, 0) is 19.4 Å². The average molecular weight is 164 g/mol. The van der Waals surface area contributed by atoms with Crippen molar-refractivity contribution in [3.05, 3.63) is 17.7 Å². The zero-order valence-corrected chi connectivity index (χ0v) is 7.88. The Morgan fingerprint density at radius 3 is 3.25 bits per heavy atom. The van der Waals surface area contributed by atoms with E-state index in [1.165, 1.54) is 30.9 Å². The second-order valence-corrected chi connectivity index (χ2v) is 3.80. The molecule has 0 aliphatic carbocycles. The van der Waals surface area contributed by atoms with Gasteiger partial charge in [-0.2, -0.15) is 0 Å². The summed E-state index contributed by atoms with van der Waals surface area (Å²) in [6, 6.07) is 0. The standard InChI is InChI=1S/C10H16N2/c1-3-9-7-12-6-8(2)4-5-10(12)11-9/h7-8H,3-6H2,1-2H3. The molecule has 1 aromatic rings. The van der Waals surface area contributed by atoms with Gasteiger partial charge >= 0.3 is 0 Å².